The van der Waals surface area contributed by atoms with Crippen molar-refractivity contribution in [3.63, 3.8) is 0 Å². The average Bonchev–Trinajstić information content (AvgIpc) is 2.76. The summed E-state index contributed by atoms with van der Waals surface area (Å²) in [6.45, 7) is 3.77. The highest BCUT2D eigenvalue weighted by Crippen LogP contribution is 2.39. The van der Waals surface area contributed by atoms with E-state index in [2.05, 4.69) is 0 Å². The quantitative estimate of drug-likeness (QED) is 0.480. The molecule has 0 heterocycles. The highest BCUT2D eigenvalue weighted by Gasteiger charge is 2.39. The largest absolute Gasteiger partial charge is 0.465 e. The van der Waals surface area contributed by atoms with Gasteiger partial charge in [-0.25, -0.2) is 0 Å². The van der Waals surface area contributed by atoms with Crippen molar-refractivity contribution in [2.75, 3.05) is 13.2 Å². The molecule has 2 aromatic carbocycles. The van der Waals surface area contributed by atoms with E-state index >= 15 is 0 Å². The second-order valence-electron chi connectivity index (χ2n) is 7.48. The second kappa shape index (κ2) is 10.2. The van der Waals surface area contributed by atoms with Crippen molar-refractivity contribution < 1.29 is 23.9 Å². The van der Waals surface area contributed by atoms with E-state index in [1.807, 2.05) is 54.6 Å². The van der Waals surface area contributed by atoms with Gasteiger partial charge < -0.3 is 9.47 Å². The summed E-state index contributed by atoms with van der Waals surface area (Å²) in [6.07, 6.45) is 1.65. The maximum atomic E-state index is 13.4. The number of ketones is 1. The molecule has 0 aliphatic heterocycles. The molecule has 5 heteroatoms. The molecule has 0 saturated heterocycles. The lowest BCUT2D eigenvalue weighted by Gasteiger charge is -2.32. The minimum absolute atomic E-state index is 0.0668. The molecule has 3 rings (SSSR count). The van der Waals surface area contributed by atoms with Gasteiger partial charge in [-0.05, 0) is 50.2 Å². The van der Waals surface area contributed by atoms with Gasteiger partial charge in [-0.3, -0.25) is 14.4 Å². The van der Waals surface area contributed by atoms with Gasteiger partial charge in [0.2, 0.25) is 0 Å². The Kier molecular flexibility index (Phi) is 7.39. The van der Waals surface area contributed by atoms with E-state index in [0.717, 1.165) is 23.1 Å². The van der Waals surface area contributed by atoms with Crippen LogP contribution in [0.1, 0.15) is 54.1 Å². The zero-order valence-corrected chi connectivity index (χ0v) is 17.5. The Hall–Kier alpha value is -2.95. The van der Waals surface area contributed by atoms with Crippen molar-refractivity contribution in [3.8, 4) is 0 Å². The average molecular weight is 408 g/mol. The Morgan fingerprint density at radius 1 is 0.933 bits per heavy atom. The lowest BCUT2D eigenvalue weighted by atomic mass is 9.71. The van der Waals surface area contributed by atoms with Crippen molar-refractivity contribution >= 4 is 17.7 Å². The molecule has 0 bridgehead atoms. The summed E-state index contributed by atoms with van der Waals surface area (Å²) in [5.41, 5.74) is 2.73. The van der Waals surface area contributed by atoms with Crippen LogP contribution in [0.15, 0.2) is 54.6 Å². The first-order chi connectivity index (χ1) is 14.6. The summed E-state index contributed by atoms with van der Waals surface area (Å²) in [6, 6.07) is 17.3. The van der Waals surface area contributed by atoms with Crippen molar-refractivity contribution in [1.29, 1.82) is 0 Å². The molecule has 0 N–H and O–H groups in total. The van der Waals surface area contributed by atoms with E-state index in [-0.39, 0.29) is 37.3 Å². The lowest BCUT2D eigenvalue weighted by Crippen LogP contribution is -2.34. The summed E-state index contributed by atoms with van der Waals surface area (Å²) in [7, 11) is 0. The third-order valence-corrected chi connectivity index (χ3v) is 5.69. The van der Waals surface area contributed by atoms with E-state index in [0.29, 0.717) is 6.42 Å². The van der Waals surface area contributed by atoms with Gasteiger partial charge in [-0.2, -0.15) is 0 Å². The fourth-order valence-electron chi connectivity index (χ4n) is 4.27. The van der Waals surface area contributed by atoms with Gasteiger partial charge in [0, 0.05) is 11.5 Å². The zero-order chi connectivity index (χ0) is 21.5. The number of hydrogen-bond acceptors (Lipinski definition) is 5. The van der Waals surface area contributed by atoms with E-state index in [9.17, 15) is 14.4 Å². The highest BCUT2D eigenvalue weighted by atomic mass is 16.6. The van der Waals surface area contributed by atoms with Crippen molar-refractivity contribution in [2.45, 2.75) is 39.0 Å². The molecule has 0 radical (unpaired) electrons. The summed E-state index contributed by atoms with van der Waals surface area (Å²) in [5.74, 6) is -2.78. The SMILES string of the molecule is CCOC(=O)C(CC(c1ccccc1)C1CCc2ccccc2C1=O)C(=O)OCC. The summed E-state index contributed by atoms with van der Waals surface area (Å²) in [4.78, 5) is 38.5. The molecule has 0 aromatic heterocycles. The Morgan fingerprint density at radius 2 is 1.53 bits per heavy atom. The molecule has 5 nitrogen and oxygen atoms in total. The predicted octanol–water partition coefficient (Wildman–Crippen LogP) is 4.35. The summed E-state index contributed by atoms with van der Waals surface area (Å²) < 4.78 is 10.3. The number of hydrogen-bond donors (Lipinski definition) is 0. The zero-order valence-electron chi connectivity index (χ0n) is 17.5. The Bertz CT molecular complexity index is 871. The second-order valence-corrected chi connectivity index (χ2v) is 7.48. The lowest BCUT2D eigenvalue weighted by molar-refractivity contribution is -0.162. The molecule has 158 valence electrons. The van der Waals surface area contributed by atoms with Crippen molar-refractivity contribution in [2.24, 2.45) is 11.8 Å². The predicted molar refractivity (Wildman–Crippen MR) is 113 cm³/mol. The van der Waals surface area contributed by atoms with Crippen LogP contribution in [0, 0.1) is 11.8 Å². The van der Waals surface area contributed by atoms with Gasteiger partial charge in [0.1, 0.15) is 0 Å². The molecule has 0 amide bonds. The van der Waals surface area contributed by atoms with Crippen molar-refractivity contribution in [1.82, 2.24) is 0 Å². The number of ether oxygens (including phenoxy) is 2. The molecule has 0 fully saturated rings. The van der Waals surface area contributed by atoms with Crippen LogP contribution >= 0.6 is 0 Å². The molecule has 1 aliphatic rings. The number of Topliss-reactive ketones (excluding diaryl/α,β-unsaturated/α-hetero) is 1. The number of aryl methyl sites for hydroxylation is 1. The molecular formula is C25H28O5. The molecular weight excluding hydrogens is 380 g/mol. The van der Waals surface area contributed by atoms with Crippen LogP contribution in [0.5, 0.6) is 0 Å². The number of benzene rings is 2. The first-order valence-electron chi connectivity index (χ1n) is 10.6. The minimum atomic E-state index is -1.06. The molecule has 0 saturated carbocycles. The smallest absolute Gasteiger partial charge is 0.320 e. The minimum Gasteiger partial charge on any atom is -0.465 e. The van der Waals surface area contributed by atoms with Gasteiger partial charge in [0.15, 0.2) is 11.7 Å². The number of carbonyl (C=O) groups is 3. The first kappa shape index (κ1) is 21.8. The van der Waals surface area contributed by atoms with Gasteiger partial charge in [-0.15, -0.1) is 0 Å². The summed E-state index contributed by atoms with van der Waals surface area (Å²) in [5, 5.41) is 0. The Balaban J connectivity index is 1.96. The van der Waals surface area contributed by atoms with Crippen LogP contribution < -0.4 is 0 Å². The number of carbonyl (C=O) groups excluding carboxylic acids is 3. The fraction of sp³-hybridized carbons (Fsp3) is 0.400. The van der Waals surface area contributed by atoms with Crippen LogP contribution in [0.25, 0.3) is 0 Å². The molecule has 2 aromatic rings. The first-order valence-corrected chi connectivity index (χ1v) is 10.6. The van der Waals surface area contributed by atoms with Gasteiger partial charge in [0.25, 0.3) is 0 Å². The maximum absolute atomic E-state index is 13.4. The van der Waals surface area contributed by atoms with Crippen LogP contribution in [-0.2, 0) is 25.5 Å². The number of esters is 2. The normalized spacial score (nSPS) is 16.6. The van der Waals surface area contributed by atoms with Crippen LogP contribution in [0.3, 0.4) is 0 Å². The topological polar surface area (TPSA) is 69.7 Å². The Morgan fingerprint density at radius 3 is 2.17 bits per heavy atom. The van der Waals surface area contributed by atoms with Crippen LogP contribution in [0.2, 0.25) is 0 Å². The third kappa shape index (κ3) is 4.78. The maximum Gasteiger partial charge on any atom is 0.320 e. The Labute approximate surface area is 177 Å². The third-order valence-electron chi connectivity index (χ3n) is 5.69. The molecule has 1 aliphatic carbocycles. The van der Waals surface area contributed by atoms with Crippen molar-refractivity contribution in [3.05, 3.63) is 71.3 Å². The van der Waals surface area contributed by atoms with E-state index in [4.69, 9.17) is 9.47 Å². The van der Waals surface area contributed by atoms with Gasteiger partial charge in [-0.1, -0.05) is 54.6 Å². The van der Waals surface area contributed by atoms with Gasteiger partial charge in [0.05, 0.1) is 13.2 Å². The van der Waals surface area contributed by atoms with E-state index in [1.165, 1.54) is 0 Å². The van der Waals surface area contributed by atoms with Crippen LogP contribution in [-0.4, -0.2) is 30.9 Å². The molecule has 2 atom stereocenters. The standard InChI is InChI=1S/C25H28O5/c1-3-29-24(27)22(25(28)30-4-2)16-21(17-10-6-5-7-11-17)20-15-14-18-12-8-9-13-19(18)23(20)26/h5-13,20-22H,3-4,14-16H2,1-2H3. The monoisotopic (exact) mass is 408 g/mol. The summed E-state index contributed by atoms with van der Waals surface area (Å²) >= 11 is 0. The highest BCUT2D eigenvalue weighted by molar-refractivity contribution is 6.01. The van der Waals surface area contributed by atoms with E-state index in [1.54, 1.807) is 13.8 Å². The molecule has 2 unspecified atom stereocenters. The number of fused-ring (bicyclic) bond motifs is 1. The molecule has 0 spiro atoms. The van der Waals surface area contributed by atoms with Crippen LogP contribution in [0.4, 0.5) is 0 Å². The van der Waals surface area contributed by atoms with Gasteiger partial charge >= 0.3 is 11.9 Å². The number of rotatable bonds is 8. The van der Waals surface area contributed by atoms with E-state index < -0.39 is 17.9 Å². The molecule has 30 heavy (non-hydrogen) atoms. The fourth-order valence-corrected chi connectivity index (χ4v) is 4.27.